The fraction of sp³-hybridized carbons (Fsp3) is 0.600. The SMILES string of the molecule is CCOC(=O)CN1CCN(NC(=O)C2(c3ccccc3)CCNCC2)CC1. The molecule has 0 atom stereocenters. The number of hydrazine groups is 1. The highest BCUT2D eigenvalue weighted by Crippen LogP contribution is 2.33. The van der Waals surface area contributed by atoms with Crippen molar-refractivity contribution in [2.24, 2.45) is 0 Å². The number of benzene rings is 1. The molecule has 7 nitrogen and oxygen atoms in total. The normalized spacial score (nSPS) is 20.8. The lowest BCUT2D eigenvalue weighted by atomic mass is 9.72. The number of hydrogen-bond acceptors (Lipinski definition) is 6. The lowest BCUT2D eigenvalue weighted by molar-refractivity contribution is -0.145. The molecule has 1 amide bonds. The molecule has 0 saturated carbocycles. The van der Waals surface area contributed by atoms with Crippen molar-refractivity contribution in [1.82, 2.24) is 20.7 Å². The van der Waals surface area contributed by atoms with Gasteiger partial charge in [0.25, 0.3) is 0 Å². The van der Waals surface area contributed by atoms with Crippen LogP contribution >= 0.6 is 0 Å². The first kappa shape index (κ1) is 19.8. The number of hydrogen-bond donors (Lipinski definition) is 2. The highest BCUT2D eigenvalue weighted by molar-refractivity contribution is 5.88. The molecule has 0 spiro atoms. The molecule has 7 heteroatoms. The van der Waals surface area contributed by atoms with Crippen LogP contribution in [0.3, 0.4) is 0 Å². The van der Waals surface area contributed by atoms with E-state index in [0.717, 1.165) is 44.6 Å². The van der Waals surface area contributed by atoms with Gasteiger partial charge in [0.05, 0.1) is 18.6 Å². The van der Waals surface area contributed by atoms with Gasteiger partial charge in [-0.05, 0) is 38.4 Å². The third-order valence-electron chi connectivity index (χ3n) is 5.51. The maximum atomic E-state index is 13.3. The van der Waals surface area contributed by atoms with Crippen LogP contribution < -0.4 is 10.7 Å². The van der Waals surface area contributed by atoms with Crippen molar-refractivity contribution in [1.29, 1.82) is 0 Å². The van der Waals surface area contributed by atoms with Crippen LogP contribution in [0.2, 0.25) is 0 Å². The monoisotopic (exact) mass is 374 g/mol. The highest BCUT2D eigenvalue weighted by Gasteiger charge is 2.41. The first-order chi connectivity index (χ1) is 13.1. The Kier molecular flexibility index (Phi) is 6.82. The minimum absolute atomic E-state index is 0.0778. The van der Waals surface area contributed by atoms with E-state index in [1.165, 1.54) is 0 Å². The summed E-state index contributed by atoms with van der Waals surface area (Å²) >= 11 is 0. The van der Waals surface area contributed by atoms with E-state index in [1.54, 1.807) is 0 Å². The highest BCUT2D eigenvalue weighted by atomic mass is 16.5. The van der Waals surface area contributed by atoms with Crippen LogP contribution in [0.15, 0.2) is 30.3 Å². The summed E-state index contributed by atoms with van der Waals surface area (Å²) in [6.45, 7) is 7.10. The molecule has 2 aliphatic heterocycles. The zero-order valence-corrected chi connectivity index (χ0v) is 16.1. The van der Waals surface area contributed by atoms with Gasteiger partial charge < -0.3 is 10.1 Å². The molecule has 0 bridgehead atoms. The second-order valence-corrected chi connectivity index (χ2v) is 7.21. The molecule has 2 N–H and O–H groups in total. The van der Waals surface area contributed by atoms with Gasteiger partial charge >= 0.3 is 5.97 Å². The number of piperidine rings is 1. The lowest BCUT2D eigenvalue weighted by Gasteiger charge is -2.40. The maximum Gasteiger partial charge on any atom is 0.320 e. The molecule has 0 aromatic heterocycles. The maximum absolute atomic E-state index is 13.3. The summed E-state index contributed by atoms with van der Waals surface area (Å²) in [6.07, 6.45) is 1.59. The molecule has 2 saturated heterocycles. The average Bonchev–Trinajstić information content (AvgIpc) is 2.71. The lowest BCUT2D eigenvalue weighted by Crippen LogP contribution is -2.59. The van der Waals surface area contributed by atoms with E-state index in [4.69, 9.17) is 4.74 Å². The first-order valence-electron chi connectivity index (χ1n) is 9.84. The molecule has 0 aliphatic carbocycles. The van der Waals surface area contributed by atoms with Crippen molar-refractivity contribution >= 4 is 11.9 Å². The zero-order valence-electron chi connectivity index (χ0n) is 16.1. The summed E-state index contributed by atoms with van der Waals surface area (Å²) in [5.41, 5.74) is 3.76. The summed E-state index contributed by atoms with van der Waals surface area (Å²) in [7, 11) is 0. The number of carbonyl (C=O) groups excluding carboxylic acids is 2. The number of carbonyl (C=O) groups is 2. The predicted molar refractivity (Wildman–Crippen MR) is 103 cm³/mol. The van der Waals surface area contributed by atoms with E-state index >= 15 is 0 Å². The van der Waals surface area contributed by atoms with Gasteiger partial charge in [-0.15, -0.1) is 0 Å². The number of rotatable bonds is 6. The summed E-state index contributed by atoms with van der Waals surface area (Å²) in [5.74, 6) is -0.109. The van der Waals surface area contributed by atoms with Crippen LogP contribution in [0.4, 0.5) is 0 Å². The number of nitrogens with one attached hydrogen (secondary N) is 2. The minimum atomic E-state index is -0.478. The molecular formula is C20H30N4O3. The number of amides is 1. The smallest absolute Gasteiger partial charge is 0.320 e. The van der Waals surface area contributed by atoms with Crippen molar-refractivity contribution in [3.63, 3.8) is 0 Å². The Morgan fingerprint density at radius 2 is 1.78 bits per heavy atom. The molecule has 1 aromatic carbocycles. The fourth-order valence-electron chi connectivity index (χ4n) is 3.92. The molecule has 148 valence electrons. The van der Waals surface area contributed by atoms with Crippen LogP contribution in [-0.4, -0.2) is 74.2 Å². The molecule has 2 fully saturated rings. The van der Waals surface area contributed by atoms with E-state index in [0.29, 0.717) is 26.2 Å². The van der Waals surface area contributed by atoms with Gasteiger partial charge in [0, 0.05) is 26.2 Å². The largest absolute Gasteiger partial charge is 0.465 e. The molecule has 3 rings (SSSR count). The Labute approximate surface area is 161 Å². The van der Waals surface area contributed by atoms with Crippen molar-refractivity contribution < 1.29 is 14.3 Å². The van der Waals surface area contributed by atoms with Crippen molar-refractivity contribution in [2.75, 3.05) is 52.4 Å². The standard InChI is InChI=1S/C20H30N4O3/c1-2-27-18(25)16-23-12-14-24(15-13-23)22-19(26)20(8-10-21-11-9-20)17-6-4-3-5-7-17/h3-7,21H,2,8-16H2,1H3,(H,22,26). The Bertz CT molecular complexity index is 623. The topological polar surface area (TPSA) is 73.9 Å². The predicted octanol–water partition coefficient (Wildman–Crippen LogP) is 0.520. The van der Waals surface area contributed by atoms with E-state index in [-0.39, 0.29) is 11.9 Å². The first-order valence-corrected chi connectivity index (χ1v) is 9.84. The Balaban J connectivity index is 1.58. The number of ether oxygens (including phenoxy) is 1. The molecule has 0 unspecified atom stereocenters. The van der Waals surface area contributed by atoms with Gasteiger partial charge in [0.15, 0.2) is 0 Å². The van der Waals surface area contributed by atoms with Crippen molar-refractivity contribution in [3.05, 3.63) is 35.9 Å². The van der Waals surface area contributed by atoms with Gasteiger partial charge in [-0.3, -0.25) is 19.9 Å². The molecule has 2 heterocycles. The Morgan fingerprint density at radius 3 is 2.41 bits per heavy atom. The third-order valence-corrected chi connectivity index (χ3v) is 5.51. The van der Waals surface area contributed by atoms with Gasteiger partial charge in [-0.25, -0.2) is 5.01 Å². The van der Waals surface area contributed by atoms with Crippen LogP contribution in [0.5, 0.6) is 0 Å². The van der Waals surface area contributed by atoms with Crippen LogP contribution in [0.1, 0.15) is 25.3 Å². The van der Waals surface area contributed by atoms with Crippen molar-refractivity contribution in [3.8, 4) is 0 Å². The Hall–Kier alpha value is -1.96. The third kappa shape index (κ3) is 4.86. The summed E-state index contributed by atoms with van der Waals surface area (Å²) in [4.78, 5) is 27.0. The molecular weight excluding hydrogens is 344 g/mol. The summed E-state index contributed by atoms with van der Waals surface area (Å²) in [5, 5.41) is 5.34. The molecule has 27 heavy (non-hydrogen) atoms. The van der Waals surface area contributed by atoms with E-state index < -0.39 is 5.41 Å². The summed E-state index contributed by atoms with van der Waals surface area (Å²) in [6, 6.07) is 10.1. The van der Waals surface area contributed by atoms with Crippen molar-refractivity contribution in [2.45, 2.75) is 25.2 Å². The van der Waals surface area contributed by atoms with Crippen LogP contribution in [-0.2, 0) is 19.7 Å². The second-order valence-electron chi connectivity index (χ2n) is 7.21. The number of nitrogens with zero attached hydrogens (tertiary/aromatic N) is 2. The van der Waals surface area contributed by atoms with Crippen LogP contribution in [0.25, 0.3) is 0 Å². The quantitative estimate of drug-likeness (QED) is 0.708. The zero-order chi connectivity index (χ0) is 19.1. The summed E-state index contributed by atoms with van der Waals surface area (Å²) < 4.78 is 5.01. The van der Waals surface area contributed by atoms with Gasteiger partial charge in [0.1, 0.15) is 0 Å². The fourth-order valence-corrected chi connectivity index (χ4v) is 3.92. The van der Waals surface area contributed by atoms with Crippen LogP contribution in [0, 0.1) is 0 Å². The van der Waals surface area contributed by atoms with Gasteiger partial charge in [0.2, 0.25) is 5.91 Å². The van der Waals surface area contributed by atoms with E-state index in [2.05, 4.69) is 27.8 Å². The van der Waals surface area contributed by atoms with E-state index in [1.807, 2.05) is 30.1 Å². The minimum Gasteiger partial charge on any atom is -0.465 e. The molecule has 1 aromatic rings. The van der Waals surface area contributed by atoms with Gasteiger partial charge in [-0.2, -0.15) is 0 Å². The average molecular weight is 374 g/mol. The number of piperazine rings is 1. The molecule has 2 aliphatic rings. The number of esters is 1. The molecule has 0 radical (unpaired) electrons. The van der Waals surface area contributed by atoms with E-state index in [9.17, 15) is 9.59 Å². The Morgan fingerprint density at radius 1 is 1.11 bits per heavy atom. The second kappa shape index (κ2) is 9.30. The van der Waals surface area contributed by atoms with Gasteiger partial charge in [-0.1, -0.05) is 30.3 Å².